The lowest BCUT2D eigenvalue weighted by molar-refractivity contribution is 0.182. The molecule has 2 rings (SSSR count). The smallest absolute Gasteiger partial charge is 0.129 e. The van der Waals surface area contributed by atoms with Gasteiger partial charge >= 0.3 is 0 Å². The number of thiophene rings is 1. The number of rotatable bonds is 7. The topological polar surface area (TPSA) is 74.3 Å². The second-order valence-electron chi connectivity index (χ2n) is 4.08. The average molecular weight is 317 g/mol. The summed E-state index contributed by atoms with van der Waals surface area (Å²) in [6.07, 6.45) is 1.61. The van der Waals surface area contributed by atoms with Crippen LogP contribution >= 0.6 is 22.9 Å². The van der Waals surface area contributed by atoms with Crippen LogP contribution in [0.4, 0.5) is 0 Å². The number of hydrogen-bond donors (Lipinski definition) is 2. The first-order chi connectivity index (χ1) is 9.71. The Bertz CT molecular complexity index is 557. The molecule has 2 heterocycles. The van der Waals surface area contributed by atoms with E-state index >= 15 is 0 Å². The number of ether oxygens (including phenoxy) is 2. The van der Waals surface area contributed by atoms with Crippen LogP contribution in [0.25, 0.3) is 0 Å². The number of nitrogens with zero attached hydrogens (tertiary/aromatic N) is 2. The molecule has 0 aromatic carbocycles. The van der Waals surface area contributed by atoms with Crippen molar-refractivity contribution < 1.29 is 9.47 Å². The summed E-state index contributed by atoms with van der Waals surface area (Å²) in [7, 11) is 3.28. The van der Waals surface area contributed by atoms with Gasteiger partial charge in [-0.2, -0.15) is 5.10 Å². The van der Waals surface area contributed by atoms with Gasteiger partial charge in [-0.05, 0) is 6.07 Å². The van der Waals surface area contributed by atoms with Crippen LogP contribution in [0, 0.1) is 0 Å². The van der Waals surface area contributed by atoms with Gasteiger partial charge in [0.15, 0.2) is 0 Å². The zero-order chi connectivity index (χ0) is 14.5. The van der Waals surface area contributed by atoms with Crippen LogP contribution in [0.2, 0.25) is 5.02 Å². The molecule has 6 nitrogen and oxygen atoms in total. The maximum Gasteiger partial charge on any atom is 0.129 e. The summed E-state index contributed by atoms with van der Waals surface area (Å²) in [5, 5.41) is 6.74. The van der Waals surface area contributed by atoms with Gasteiger partial charge < -0.3 is 9.47 Å². The number of methoxy groups -OCH3 is 2. The van der Waals surface area contributed by atoms with Gasteiger partial charge in [-0.1, -0.05) is 11.6 Å². The quantitative estimate of drug-likeness (QED) is 0.602. The molecule has 3 N–H and O–H groups in total. The molecule has 0 aliphatic rings. The number of hydrazine groups is 1. The zero-order valence-electron chi connectivity index (χ0n) is 11.3. The SMILES string of the molecule is COCCn1ncc(Cl)c1C(NN)c1cc(OC)cs1. The summed E-state index contributed by atoms with van der Waals surface area (Å²) in [4.78, 5) is 1.01. The molecule has 0 amide bonds. The Morgan fingerprint density at radius 3 is 2.95 bits per heavy atom. The van der Waals surface area contributed by atoms with Crippen molar-refractivity contribution in [3.8, 4) is 5.75 Å². The van der Waals surface area contributed by atoms with Crippen molar-refractivity contribution in [1.82, 2.24) is 15.2 Å². The first kappa shape index (κ1) is 15.3. The predicted octanol–water partition coefficient (Wildman–Crippen LogP) is 1.81. The highest BCUT2D eigenvalue weighted by Crippen LogP contribution is 2.33. The monoisotopic (exact) mass is 316 g/mol. The first-order valence-electron chi connectivity index (χ1n) is 6.00. The number of nitrogens with two attached hydrogens (primary N) is 1. The molecule has 0 saturated carbocycles. The molecular weight excluding hydrogens is 300 g/mol. The molecule has 0 bridgehead atoms. The molecule has 110 valence electrons. The molecule has 0 spiro atoms. The summed E-state index contributed by atoms with van der Waals surface area (Å²) in [6, 6.07) is 1.69. The third-order valence-corrected chi connectivity index (χ3v) is 4.16. The number of nitrogens with one attached hydrogen (secondary N) is 1. The van der Waals surface area contributed by atoms with Gasteiger partial charge in [0, 0.05) is 17.4 Å². The van der Waals surface area contributed by atoms with E-state index in [0.29, 0.717) is 18.2 Å². The molecule has 0 radical (unpaired) electrons. The summed E-state index contributed by atoms with van der Waals surface area (Å²) in [5.41, 5.74) is 3.60. The molecule has 0 aliphatic heterocycles. The molecule has 2 aromatic rings. The minimum atomic E-state index is -0.240. The standard InChI is InChI=1S/C12H17ClN4O2S/c1-18-4-3-17-12(9(13)6-15-17)11(16-14)10-5-8(19-2)7-20-10/h5-7,11,16H,3-4,14H2,1-2H3. The fourth-order valence-corrected chi connectivity index (χ4v) is 3.07. The Morgan fingerprint density at radius 2 is 2.35 bits per heavy atom. The van der Waals surface area contributed by atoms with Crippen molar-refractivity contribution in [3.05, 3.63) is 33.2 Å². The summed E-state index contributed by atoms with van der Waals surface area (Å²) < 4.78 is 12.1. The molecule has 1 atom stereocenters. The van der Waals surface area contributed by atoms with Gasteiger partial charge in [0.1, 0.15) is 5.75 Å². The largest absolute Gasteiger partial charge is 0.496 e. The highest BCUT2D eigenvalue weighted by molar-refractivity contribution is 7.10. The highest BCUT2D eigenvalue weighted by atomic mass is 35.5. The van der Waals surface area contributed by atoms with E-state index in [2.05, 4.69) is 10.5 Å². The van der Waals surface area contributed by atoms with Gasteiger partial charge in [-0.3, -0.25) is 10.5 Å². The van der Waals surface area contributed by atoms with Crippen LogP contribution in [0.1, 0.15) is 16.6 Å². The average Bonchev–Trinajstić information content (AvgIpc) is 3.06. The number of hydrogen-bond acceptors (Lipinski definition) is 6. The lowest BCUT2D eigenvalue weighted by Gasteiger charge is -2.17. The molecule has 20 heavy (non-hydrogen) atoms. The second kappa shape index (κ2) is 7.05. The Balaban J connectivity index is 2.33. The van der Waals surface area contributed by atoms with Crippen molar-refractivity contribution in [2.45, 2.75) is 12.6 Å². The van der Waals surface area contributed by atoms with Crippen molar-refractivity contribution in [3.63, 3.8) is 0 Å². The highest BCUT2D eigenvalue weighted by Gasteiger charge is 2.22. The van der Waals surface area contributed by atoms with Crippen molar-refractivity contribution >= 4 is 22.9 Å². The van der Waals surface area contributed by atoms with Crippen LogP contribution in [0.15, 0.2) is 17.6 Å². The van der Waals surface area contributed by atoms with Gasteiger partial charge in [-0.25, -0.2) is 5.43 Å². The molecule has 1 unspecified atom stereocenters. The minimum Gasteiger partial charge on any atom is -0.496 e. The van der Waals surface area contributed by atoms with Crippen LogP contribution in [-0.4, -0.2) is 30.6 Å². The van der Waals surface area contributed by atoms with E-state index in [-0.39, 0.29) is 6.04 Å². The predicted molar refractivity (Wildman–Crippen MR) is 79.2 cm³/mol. The molecule has 0 fully saturated rings. The maximum atomic E-state index is 6.24. The molecule has 0 aliphatic carbocycles. The molecular formula is C12H17ClN4O2S. The third-order valence-electron chi connectivity index (χ3n) is 2.90. The second-order valence-corrected chi connectivity index (χ2v) is 5.43. The van der Waals surface area contributed by atoms with E-state index in [9.17, 15) is 0 Å². The van der Waals surface area contributed by atoms with E-state index < -0.39 is 0 Å². The van der Waals surface area contributed by atoms with Crippen molar-refractivity contribution in [2.75, 3.05) is 20.8 Å². The summed E-state index contributed by atoms with van der Waals surface area (Å²) in [6.45, 7) is 1.16. The fourth-order valence-electron chi connectivity index (χ4n) is 1.90. The summed E-state index contributed by atoms with van der Waals surface area (Å²) >= 11 is 7.79. The van der Waals surface area contributed by atoms with E-state index in [1.807, 2.05) is 11.4 Å². The number of halogens is 1. The lowest BCUT2D eigenvalue weighted by atomic mass is 10.2. The van der Waals surface area contributed by atoms with Crippen LogP contribution in [-0.2, 0) is 11.3 Å². The zero-order valence-corrected chi connectivity index (χ0v) is 12.9. The van der Waals surface area contributed by atoms with Crippen LogP contribution < -0.4 is 16.0 Å². The molecule has 0 saturated heterocycles. The van der Waals surface area contributed by atoms with Gasteiger partial charge in [0.25, 0.3) is 0 Å². The Labute approximate surface area is 126 Å². The van der Waals surface area contributed by atoms with Gasteiger partial charge in [0.2, 0.25) is 0 Å². The van der Waals surface area contributed by atoms with Crippen molar-refractivity contribution in [1.29, 1.82) is 0 Å². The van der Waals surface area contributed by atoms with Crippen molar-refractivity contribution in [2.24, 2.45) is 5.84 Å². The molecule has 8 heteroatoms. The Hall–Kier alpha value is -1.12. The summed E-state index contributed by atoms with van der Waals surface area (Å²) in [5.74, 6) is 6.49. The van der Waals surface area contributed by atoms with Crippen LogP contribution in [0.5, 0.6) is 5.75 Å². The van der Waals surface area contributed by atoms with Crippen LogP contribution in [0.3, 0.4) is 0 Å². The maximum absolute atomic E-state index is 6.24. The van der Waals surface area contributed by atoms with E-state index in [1.54, 1.807) is 36.4 Å². The lowest BCUT2D eigenvalue weighted by Crippen LogP contribution is -2.30. The van der Waals surface area contributed by atoms with Gasteiger partial charge in [-0.15, -0.1) is 11.3 Å². The minimum absolute atomic E-state index is 0.240. The third kappa shape index (κ3) is 3.13. The van der Waals surface area contributed by atoms with E-state index in [0.717, 1.165) is 16.3 Å². The normalized spacial score (nSPS) is 12.6. The number of aromatic nitrogens is 2. The first-order valence-corrected chi connectivity index (χ1v) is 7.25. The van der Waals surface area contributed by atoms with E-state index in [1.165, 1.54) is 0 Å². The Morgan fingerprint density at radius 1 is 1.55 bits per heavy atom. The van der Waals surface area contributed by atoms with E-state index in [4.69, 9.17) is 26.9 Å². The molecule has 2 aromatic heterocycles. The Kier molecular flexibility index (Phi) is 5.38. The fraction of sp³-hybridized carbons (Fsp3) is 0.417. The van der Waals surface area contributed by atoms with Gasteiger partial charge in [0.05, 0.1) is 43.2 Å².